The number of ether oxygens (including phenoxy) is 1. The second-order valence-corrected chi connectivity index (χ2v) is 8.12. The Morgan fingerprint density at radius 2 is 1.91 bits per heavy atom. The molecule has 4 heterocycles. The minimum absolute atomic E-state index is 0.0668. The highest BCUT2D eigenvalue weighted by molar-refractivity contribution is 6.29. The van der Waals surface area contributed by atoms with Crippen molar-refractivity contribution in [1.82, 2.24) is 24.7 Å². The van der Waals surface area contributed by atoms with E-state index in [1.807, 2.05) is 43.3 Å². The number of aromatic nitrogens is 6. The molecule has 0 aliphatic carbocycles. The van der Waals surface area contributed by atoms with Gasteiger partial charge in [-0.15, -0.1) is 9.38 Å². The summed E-state index contributed by atoms with van der Waals surface area (Å²) in [6.07, 6.45) is 1.60. The van der Waals surface area contributed by atoms with Gasteiger partial charge in [-0.25, -0.2) is 14.9 Å². The summed E-state index contributed by atoms with van der Waals surface area (Å²) in [6, 6.07) is 16.9. The lowest BCUT2D eigenvalue weighted by atomic mass is 10.0. The Labute approximate surface area is 199 Å². The molecule has 0 spiro atoms. The van der Waals surface area contributed by atoms with Gasteiger partial charge in [-0.2, -0.15) is 4.68 Å². The average Bonchev–Trinajstić information content (AvgIpc) is 3.15. The van der Waals surface area contributed by atoms with Crippen LogP contribution in [0.25, 0.3) is 28.0 Å². The van der Waals surface area contributed by atoms with E-state index < -0.39 is 0 Å². The third kappa shape index (κ3) is 3.86. The van der Waals surface area contributed by atoms with Crippen LogP contribution < -0.4 is 20.6 Å². The molecule has 4 aromatic heterocycles. The summed E-state index contributed by atoms with van der Waals surface area (Å²) < 4.78 is 7.96. The topological polar surface area (TPSA) is 116 Å². The molecule has 0 saturated heterocycles. The van der Waals surface area contributed by atoms with E-state index in [0.29, 0.717) is 33.5 Å². The number of rotatable bonds is 5. The van der Waals surface area contributed by atoms with Crippen molar-refractivity contribution in [2.45, 2.75) is 13.5 Å². The normalized spacial score (nSPS) is 11.1. The van der Waals surface area contributed by atoms with Gasteiger partial charge in [0.15, 0.2) is 0 Å². The molecular weight excluding hydrogens is 454 g/mol. The number of hydrogen-bond acceptors (Lipinski definition) is 6. The number of pyridine rings is 2. The van der Waals surface area contributed by atoms with Gasteiger partial charge >= 0.3 is 11.6 Å². The Kier molecular flexibility index (Phi) is 5.46. The summed E-state index contributed by atoms with van der Waals surface area (Å²) in [4.78, 5) is 26.6. The summed E-state index contributed by atoms with van der Waals surface area (Å²) in [5, 5.41) is 3.55. The van der Waals surface area contributed by atoms with Crippen LogP contribution in [0.2, 0.25) is 5.15 Å². The lowest BCUT2D eigenvalue weighted by Gasteiger charge is -2.09. The first-order valence-electron chi connectivity index (χ1n) is 10.5. The molecule has 5 rings (SSSR count). The number of nitrogens with zero attached hydrogens (tertiary/aromatic N) is 5. The zero-order valence-electron chi connectivity index (χ0n) is 18.5. The van der Waals surface area contributed by atoms with E-state index in [4.69, 9.17) is 22.1 Å². The number of nitrogens with two attached hydrogens (primary N) is 1. The molecular formula is C24H21ClN7O2+. The van der Waals surface area contributed by atoms with E-state index in [0.717, 1.165) is 16.8 Å². The molecule has 0 atom stereocenters. The standard InChI is InChI=1S/C24H20ClN7O2/c1-14-10-16(11-19(25)28-14)20-21(15-6-4-3-5-7-15)29-23(26)32-22(20)30-31(24(32)33)13-17-8-9-18(34-2)12-27-17/h3-12H,13H2,1-2H3,(H2,26,28,29,30)/p+1. The zero-order chi connectivity index (χ0) is 23.8. The smallest absolute Gasteiger partial charge is 0.428 e. The van der Waals surface area contributed by atoms with Gasteiger partial charge < -0.3 is 10.5 Å². The third-order valence-corrected chi connectivity index (χ3v) is 5.62. The predicted molar refractivity (Wildman–Crippen MR) is 129 cm³/mol. The van der Waals surface area contributed by atoms with E-state index in [1.165, 1.54) is 9.08 Å². The molecule has 0 bridgehead atoms. The van der Waals surface area contributed by atoms with E-state index in [1.54, 1.807) is 31.5 Å². The van der Waals surface area contributed by atoms with Gasteiger partial charge in [0.05, 0.1) is 24.6 Å². The van der Waals surface area contributed by atoms with Crippen LogP contribution in [0.3, 0.4) is 0 Å². The van der Waals surface area contributed by atoms with E-state index in [-0.39, 0.29) is 18.2 Å². The maximum atomic E-state index is 13.3. The van der Waals surface area contributed by atoms with Crippen molar-refractivity contribution in [2.24, 2.45) is 0 Å². The Bertz CT molecular complexity index is 1540. The van der Waals surface area contributed by atoms with Crippen LogP contribution in [-0.4, -0.2) is 31.8 Å². The predicted octanol–water partition coefficient (Wildman–Crippen LogP) is 3.04. The van der Waals surface area contributed by atoms with Crippen LogP contribution in [0.15, 0.2) is 65.6 Å². The minimum Gasteiger partial charge on any atom is -0.495 e. The highest BCUT2D eigenvalue weighted by atomic mass is 35.5. The molecule has 9 nitrogen and oxygen atoms in total. The SMILES string of the molecule is COc1ccc(Cn2[nH]c3c(-c4cc(C)nc(Cl)c4)c(-c4ccccc4)nc(N)[n+]3c2=O)nc1. The monoisotopic (exact) mass is 474 g/mol. The van der Waals surface area contributed by atoms with Crippen LogP contribution in [0.4, 0.5) is 5.95 Å². The van der Waals surface area contributed by atoms with Crippen molar-refractivity contribution in [3.8, 4) is 28.1 Å². The molecule has 170 valence electrons. The number of nitrogens with one attached hydrogen (secondary N) is 1. The highest BCUT2D eigenvalue weighted by Gasteiger charge is 2.26. The number of methoxy groups -OCH3 is 1. The number of hydrogen-bond donors (Lipinski definition) is 2. The van der Waals surface area contributed by atoms with Crippen LogP contribution in [0.1, 0.15) is 11.4 Å². The first-order valence-corrected chi connectivity index (χ1v) is 10.9. The van der Waals surface area contributed by atoms with Gasteiger partial charge in [0.25, 0.3) is 0 Å². The van der Waals surface area contributed by atoms with Crippen molar-refractivity contribution < 1.29 is 9.14 Å². The first-order chi connectivity index (χ1) is 16.4. The molecule has 0 unspecified atom stereocenters. The molecule has 1 aromatic carbocycles. The number of aryl methyl sites for hydroxylation is 1. The Morgan fingerprint density at radius 3 is 2.59 bits per heavy atom. The second-order valence-electron chi connectivity index (χ2n) is 7.73. The maximum Gasteiger partial charge on any atom is 0.428 e. The van der Waals surface area contributed by atoms with Gasteiger partial charge in [-0.05, 0) is 36.8 Å². The lowest BCUT2D eigenvalue weighted by molar-refractivity contribution is -0.516. The second kappa shape index (κ2) is 8.60. The van der Waals surface area contributed by atoms with Gasteiger partial charge in [0, 0.05) is 11.3 Å². The summed E-state index contributed by atoms with van der Waals surface area (Å²) in [7, 11) is 1.57. The first kappa shape index (κ1) is 21.6. The molecule has 0 amide bonds. The molecule has 0 aliphatic heterocycles. The van der Waals surface area contributed by atoms with Gasteiger partial charge in [-0.1, -0.05) is 41.9 Å². The number of benzene rings is 1. The fraction of sp³-hybridized carbons (Fsp3) is 0.125. The summed E-state index contributed by atoms with van der Waals surface area (Å²) in [5.41, 5.74) is 10.8. The molecule has 34 heavy (non-hydrogen) atoms. The van der Waals surface area contributed by atoms with Crippen LogP contribution >= 0.6 is 11.6 Å². The van der Waals surface area contributed by atoms with E-state index in [9.17, 15) is 4.79 Å². The minimum atomic E-state index is -0.365. The number of nitrogen functional groups attached to an aromatic ring is 1. The third-order valence-electron chi connectivity index (χ3n) is 5.43. The van der Waals surface area contributed by atoms with Crippen LogP contribution in [0.5, 0.6) is 5.75 Å². The molecule has 0 fully saturated rings. The number of H-pyrrole nitrogens is 1. The Balaban J connectivity index is 1.77. The summed E-state index contributed by atoms with van der Waals surface area (Å²) in [5.74, 6) is 0.701. The molecule has 5 aromatic rings. The van der Waals surface area contributed by atoms with Crippen molar-refractivity contribution >= 4 is 23.2 Å². The largest absolute Gasteiger partial charge is 0.495 e. The maximum absolute atomic E-state index is 13.3. The van der Waals surface area contributed by atoms with E-state index in [2.05, 4.69) is 20.1 Å². The Hall–Kier alpha value is -4.24. The summed E-state index contributed by atoms with van der Waals surface area (Å²) >= 11 is 6.29. The number of fused-ring (bicyclic) bond motifs is 1. The molecule has 10 heteroatoms. The quantitative estimate of drug-likeness (QED) is 0.299. The van der Waals surface area contributed by atoms with Gasteiger partial charge in [0.1, 0.15) is 23.1 Å². The molecule has 0 saturated carbocycles. The van der Waals surface area contributed by atoms with E-state index >= 15 is 0 Å². The number of aromatic amines is 1. The molecule has 0 aliphatic rings. The van der Waals surface area contributed by atoms with Gasteiger partial charge in [0.2, 0.25) is 5.65 Å². The fourth-order valence-electron chi connectivity index (χ4n) is 3.90. The van der Waals surface area contributed by atoms with Crippen molar-refractivity contribution in [3.63, 3.8) is 0 Å². The van der Waals surface area contributed by atoms with Crippen molar-refractivity contribution in [2.75, 3.05) is 12.8 Å². The van der Waals surface area contributed by atoms with Crippen LogP contribution in [0, 0.1) is 6.92 Å². The zero-order valence-corrected chi connectivity index (χ0v) is 19.2. The molecule has 3 N–H and O–H groups in total. The molecule has 0 radical (unpaired) electrons. The van der Waals surface area contributed by atoms with Crippen LogP contribution in [-0.2, 0) is 6.54 Å². The number of halogens is 1. The average molecular weight is 475 g/mol. The fourth-order valence-corrected chi connectivity index (χ4v) is 4.15. The number of anilines is 1. The highest BCUT2D eigenvalue weighted by Crippen LogP contribution is 2.33. The van der Waals surface area contributed by atoms with Crippen molar-refractivity contribution in [3.05, 3.63) is 87.8 Å². The van der Waals surface area contributed by atoms with Gasteiger partial charge in [-0.3, -0.25) is 4.98 Å². The lowest BCUT2D eigenvalue weighted by Crippen LogP contribution is -2.44. The summed E-state index contributed by atoms with van der Waals surface area (Å²) in [6.45, 7) is 2.07. The van der Waals surface area contributed by atoms with Crippen molar-refractivity contribution in [1.29, 1.82) is 0 Å². The Morgan fingerprint density at radius 1 is 1.12 bits per heavy atom.